The van der Waals surface area contributed by atoms with Crippen LogP contribution in [0.3, 0.4) is 0 Å². The van der Waals surface area contributed by atoms with Gasteiger partial charge in [0, 0.05) is 37.5 Å². The molecule has 2 rings (SSSR count). The van der Waals surface area contributed by atoms with E-state index in [9.17, 15) is 10.1 Å². The number of benzene rings is 1. The molecule has 17 heavy (non-hydrogen) atoms. The molecule has 1 aromatic carbocycles. The van der Waals surface area contributed by atoms with E-state index < -0.39 is 4.92 Å². The van der Waals surface area contributed by atoms with Gasteiger partial charge in [0.25, 0.3) is 5.69 Å². The second-order valence-electron chi connectivity index (χ2n) is 3.83. The highest BCUT2D eigenvalue weighted by Gasteiger charge is 2.15. The molecule has 5 heteroatoms. The van der Waals surface area contributed by atoms with E-state index in [1.807, 2.05) is 19.0 Å². The van der Waals surface area contributed by atoms with Crippen molar-refractivity contribution < 1.29 is 9.34 Å². The predicted octanol–water partition coefficient (Wildman–Crippen LogP) is 2.92. The third kappa shape index (κ3) is 2.13. The Morgan fingerprint density at radius 3 is 2.59 bits per heavy atom. The van der Waals surface area contributed by atoms with Crippen molar-refractivity contribution in [2.75, 3.05) is 19.0 Å². The number of furan rings is 1. The maximum Gasteiger partial charge on any atom is 0.270 e. The number of hydrogen-bond acceptors (Lipinski definition) is 4. The van der Waals surface area contributed by atoms with Gasteiger partial charge in [-0.15, -0.1) is 0 Å². The molecule has 0 fully saturated rings. The fourth-order valence-electron chi connectivity index (χ4n) is 1.66. The molecule has 1 heterocycles. The zero-order valence-electron chi connectivity index (χ0n) is 9.58. The van der Waals surface area contributed by atoms with Gasteiger partial charge in [-0.1, -0.05) is 0 Å². The van der Waals surface area contributed by atoms with Crippen molar-refractivity contribution in [1.29, 1.82) is 0 Å². The van der Waals surface area contributed by atoms with Crippen LogP contribution in [0.1, 0.15) is 0 Å². The Bertz CT molecular complexity index is 533. The second kappa shape index (κ2) is 4.29. The van der Waals surface area contributed by atoms with Crippen molar-refractivity contribution in [3.8, 4) is 11.3 Å². The maximum absolute atomic E-state index is 10.8. The number of non-ortho nitro benzene ring substituents is 1. The minimum Gasteiger partial charge on any atom is -0.464 e. The van der Waals surface area contributed by atoms with Crippen molar-refractivity contribution in [3.63, 3.8) is 0 Å². The summed E-state index contributed by atoms with van der Waals surface area (Å²) in [5.74, 6) is 0.623. The van der Waals surface area contributed by atoms with Crippen molar-refractivity contribution in [2.24, 2.45) is 0 Å². The van der Waals surface area contributed by atoms with Crippen LogP contribution >= 0.6 is 0 Å². The summed E-state index contributed by atoms with van der Waals surface area (Å²) in [7, 11) is 3.77. The Labute approximate surface area is 98.4 Å². The Kier molecular flexibility index (Phi) is 2.82. The van der Waals surface area contributed by atoms with E-state index in [0.29, 0.717) is 11.3 Å². The van der Waals surface area contributed by atoms with Gasteiger partial charge in [-0.2, -0.15) is 0 Å². The zero-order chi connectivity index (χ0) is 12.4. The van der Waals surface area contributed by atoms with Gasteiger partial charge in [0.15, 0.2) is 0 Å². The van der Waals surface area contributed by atoms with Crippen molar-refractivity contribution in [1.82, 2.24) is 0 Å². The molecule has 0 amide bonds. The lowest BCUT2D eigenvalue weighted by molar-refractivity contribution is -0.384. The summed E-state index contributed by atoms with van der Waals surface area (Å²) in [6, 6.07) is 8.27. The summed E-state index contributed by atoms with van der Waals surface area (Å²) in [4.78, 5) is 12.2. The molecule has 1 aromatic heterocycles. The number of nitro benzene ring substituents is 1. The van der Waals surface area contributed by atoms with E-state index in [1.54, 1.807) is 24.5 Å². The van der Waals surface area contributed by atoms with Gasteiger partial charge in [-0.05, 0) is 18.2 Å². The standard InChI is InChI=1S/C12H12N2O3/c1-13(2)11-6-5-9(14(15)16)8-10(11)12-4-3-7-17-12/h3-8H,1-2H3. The van der Waals surface area contributed by atoms with Crippen LogP contribution in [0.25, 0.3) is 11.3 Å². The van der Waals surface area contributed by atoms with Crippen molar-refractivity contribution >= 4 is 11.4 Å². The third-order valence-electron chi connectivity index (χ3n) is 2.46. The van der Waals surface area contributed by atoms with Gasteiger partial charge < -0.3 is 9.32 Å². The molecule has 0 N–H and O–H groups in total. The van der Waals surface area contributed by atoms with Gasteiger partial charge in [-0.25, -0.2) is 0 Å². The van der Waals surface area contributed by atoms with Crippen LogP contribution in [0, 0.1) is 10.1 Å². The van der Waals surface area contributed by atoms with Gasteiger partial charge in [0.1, 0.15) is 5.76 Å². The normalized spacial score (nSPS) is 10.2. The maximum atomic E-state index is 10.8. The number of nitrogens with zero attached hydrogens (tertiary/aromatic N) is 2. The zero-order valence-corrected chi connectivity index (χ0v) is 9.58. The summed E-state index contributed by atoms with van der Waals surface area (Å²) < 4.78 is 5.30. The molecule has 0 atom stereocenters. The van der Waals surface area contributed by atoms with E-state index in [4.69, 9.17) is 4.42 Å². The minimum absolute atomic E-state index is 0.0574. The predicted molar refractivity (Wildman–Crippen MR) is 65.1 cm³/mol. The summed E-state index contributed by atoms with van der Waals surface area (Å²) in [6.07, 6.45) is 1.55. The summed E-state index contributed by atoms with van der Waals surface area (Å²) >= 11 is 0. The topological polar surface area (TPSA) is 59.5 Å². The Hall–Kier alpha value is -2.30. The van der Waals surface area contributed by atoms with Crippen LogP contribution in [-0.2, 0) is 0 Å². The number of anilines is 1. The lowest BCUT2D eigenvalue weighted by atomic mass is 10.1. The third-order valence-corrected chi connectivity index (χ3v) is 2.46. The molecular formula is C12H12N2O3. The molecule has 0 spiro atoms. The van der Waals surface area contributed by atoms with Gasteiger partial charge >= 0.3 is 0 Å². The van der Waals surface area contributed by atoms with Crippen LogP contribution < -0.4 is 4.90 Å². The smallest absolute Gasteiger partial charge is 0.270 e. The van der Waals surface area contributed by atoms with Crippen LogP contribution in [0.2, 0.25) is 0 Å². The highest BCUT2D eigenvalue weighted by atomic mass is 16.6. The van der Waals surface area contributed by atoms with E-state index in [-0.39, 0.29) is 5.69 Å². The largest absolute Gasteiger partial charge is 0.464 e. The average Bonchev–Trinajstić information content (AvgIpc) is 2.81. The van der Waals surface area contributed by atoms with E-state index in [1.165, 1.54) is 12.1 Å². The molecule has 88 valence electrons. The number of hydrogen-bond donors (Lipinski definition) is 0. The van der Waals surface area contributed by atoms with Crippen LogP contribution in [-0.4, -0.2) is 19.0 Å². The molecule has 0 saturated carbocycles. The molecular weight excluding hydrogens is 220 g/mol. The molecule has 0 aliphatic carbocycles. The first-order valence-corrected chi connectivity index (χ1v) is 5.09. The Morgan fingerprint density at radius 2 is 2.06 bits per heavy atom. The first kappa shape index (κ1) is 11.2. The van der Waals surface area contributed by atoms with E-state index in [0.717, 1.165) is 5.69 Å². The SMILES string of the molecule is CN(C)c1ccc([N+](=O)[O-])cc1-c1ccco1. The van der Waals surface area contributed by atoms with Gasteiger partial charge in [-0.3, -0.25) is 10.1 Å². The average molecular weight is 232 g/mol. The van der Waals surface area contributed by atoms with Crippen LogP contribution in [0.4, 0.5) is 11.4 Å². The Morgan fingerprint density at radius 1 is 1.29 bits per heavy atom. The first-order chi connectivity index (χ1) is 8.09. The highest BCUT2D eigenvalue weighted by Crippen LogP contribution is 2.33. The van der Waals surface area contributed by atoms with Gasteiger partial charge in [0.2, 0.25) is 0 Å². The van der Waals surface area contributed by atoms with E-state index >= 15 is 0 Å². The lowest BCUT2D eigenvalue weighted by Gasteiger charge is -2.15. The van der Waals surface area contributed by atoms with Crippen molar-refractivity contribution in [3.05, 3.63) is 46.7 Å². The summed E-state index contributed by atoms with van der Waals surface area (Å²) in [6.45, 7) is 0. The monoisotopic (exact) mass is 232 g/mol. The quantitative estimate of drug-likeness (QED) is 0.603. The fraction of sp³-hybridized carbons (Fsp3) is 0.167. The first-order valence-electron chi connectivity index (χ1n) is 5.09. The minimum atomic E-state index is -0.411. The molecule has 0 aliphatic heterocycles. The van der Waals surface area contributed by atoms with Crippen LogP contribution in [0.5, 0.6) is 0 Å². The molecule has 5 nitrogen and oxygen atoms in total. The highest BCUT2D eigenvalue weighted by molar-refractivity contribution is 5.77. The molecule has 0 bridgehead atoms. The molecule has 0 radical (unpaired) electrons. The van der Waals surface area contributed by atoms with E-state index in [2.05, 4.69) is 0 Å². The van der Waals surface area contributed by atoms with Crippen molar-refractivity contribution in [2.45, 2.75) is 0 Å². The fourth-order valence-corrected chi connectivity index (χ4v) is 1.66. The van der Waals surface area contributed by atoms with Crippen LogP contribution in [0.15, 0.2) is 41.0 Å². The molecule has 0 saturated heterocycles. The second-order valence-corrected chi connectivity index (χ2v) is 3.83. The molecule has 0 aliphatic rings. The molecule has 0 unspecified atom stereocenters. The Balaban J connectivity index is 2.60. The summed E-state index contributed by atoms with van der Waals surface area (Å²) in [5, 5.41) is 10.8. The number of rotatable bonds is 3. The summed E-state index contributed by atoms with van der Waals surface area (Å²) in [5.41, 5.74) is 1.65. The van der Waals surface area contributed by atoms with Gasteiger partial charge in [0.05, 0.1) is 11.2 Å². The number of nitro groups is 1. The molecule has 2 aromatic rings. The lowest BCUT2D eigenvalue weighted by Crippen LogP contribution is -2.10.